The predicted octanol–water partition coefficient (Wildman–Crippen LogP) is 3.73. The van der Waals surface area contributed by atoms with Gasteiger partial charge in [-0.3, -0.25) is 19.3 Å². The molecule has 1 amide bonds. The number of rotatable bonds is 7. The smallest absolute Gasteiger partial charge is 0.250 e. The lowest BCUT2D eigenvalue weighted by Gasteiger charge is -2.10. The number of halogens is 1. The summed E-state index contributed by atoms with van der Waals surface area (Å²) in [6.07, 6.45) is 8.30. The fraction of sp³-hybridized carbons (Fsp3) is 0.0476. The van der Waals surface area contributed by atoms with Crippen LogP contribution in [0.2, 0.25) is 0 Å². The second kappa shape index (κ2) is 10.1. The zero-order valence-corrected chi connectivity index (χ0v) is 18.5. The third kappa shape index (κ3) is 5.41. The molecule has 10 heteroatoms. The number of nitrogens with zero attached hydrogens (tertiary/aromatic N) is 6. The van der Waals surface area contributed by atoms with Crippen molar-refractivity contribution < 1.29 is 4.79 Å². The van der Waals surface area contributed by atoms with Crippen LogP contribution in [-0.4, -0.2) is 42.6 Å². The van der Waals surface area contributed by atoms with Gasteiger partial charge in [0.15, 0.2) is 11.0 Å². The van der Waals surface area contributed by atoms with Crippen molar-refractivity contribution in [2.45, 2.75) is 5.16 Å². The summed E-state index contributed by atoms with van der Waals surface area (Å²) in [5.41, 5.74) is 5.14. The fourth-order valence-electron chi connectivity index (χ4n) is 2.66. The van der Waals surface area contributed by atoms with Gasteiger partial charge in [0.2, 0.25) is 0 Å². The molecule has 0 saturated carbocycles. The Kier molecular flexibility index (Phi) is 6.80. The van der Waals surface area contributed by atoms with E-state index in [0.717, 1.165) is 21.3 Å². The minimum atomic E-state index is -0.244. The second-order valence-corrected chi connectivity index (χ2v) is 8.07. The van der Waals surface area contributed by atoms with Gasteiger partial charge in [-0.05, 0) is 54.1 Å². The molecule has 0 aliphatic rings. The molecule has 0 unspecified atom stereocenters. The molecule has 154 valence electrons. The van der Waals surface area contributed by atoms with Gasteiger partial charge in [0.05, 0.1) is 12.0 Å². The van der Waals surface area contributed by atoms with E-state index in [1.807, 2.05) is 41.0 Å². The Morgan fingerprint density at radius 3 is 2.39 bits per heavy atom. The van der Waals surface area contributed by atoms with Crippen LogP contribution in [-0.2, 0) is 4.79 Å². The van der Waals surface area contributed by atoms with Crippen LogP contribution in [0.5, 0.6) is 0 Å². The average molecular weight is 494 g/mol. The number of hydrazone groups is 1. The van der Waals surface area contributed by atoms with E-state index in [1.165, 1.54) is 11.8 Å². The molecule has 0 aliphatic heterocycles. The fourth-order valence-corrected chi connectivity index (χ4v) is 3.67. The zero-order chi connectivity index (χ0) is 21.5. The van der Waals surface area contributed by atoms with Gasteiger partial charge < -0.3 is 0 Å². The maximum atomic E-state index is 12.2. The van der Waals surface area contributed by atoms with Crippen molar-refractivity contribution in [3.05, 3.63) is 83.4 Å². The summed E-state index contributed by atoms with van der Waals surface area (Å²) in [6.45, 7) is 0. The number of thioether (sulfide) groups is 1. The number of aromatic nitrogens is 5. The van der Waals surface area contributed by atoms with Crippen LogP contribution in [0.4, 0.5) is 0 Å². The van der Waals surface area contributed by atoms with Gasteiger partial charge in [0, 0.05) is 40.5 Å². The van der Waals surface area contributed by atoms with Crippen molar-refractivity contribution in [2.24, 2.45) is 5.10 Å². The number of pyridine rings is 2. The average Bonchev–Trinajstić information content (AvgIpc) is 3.23. The number of carbonyl (C=O) groups excluding carboxylic acids is 1. The van der Waals surface area contributed by atoms with Crippen LogP contribution < -0.4 is 5.43 Å². The molecule has 4 rings (SSSR count). The van der Waals surface area contributed by atoms with Gasteiger partial charge in [0.1, 0.15) is 0 Å². The summed E-state index contributed by atoms with van der Waals surface area (Å²) < 4.78 is 2.88. The van der Waals surface area contributed by atoms with Crippen molar-refractivity contribution in [3.63, 3.8) is 0 Å². The van der Waals surface area contributed by atoms with E-state index in [0.29, 0.717) is 11.0 Å². The molecule has 1 aromatic carbocycles. The minimum absolute atomic E-state index is 0.138. The number of benzene rings is 1. The second-order valence-electron chi connectivity index (χ2n) is 6.22. The quantitative estimate of drug-likeness (QED) is 0.239. The largest absolute Gasteiger partial charge is 0.272 e. The van der Waals surface area contributed by atoms with Crippen molar-refractivity contribution in [3.8, 4) is 17.1 Å². The lowest BCUT2D eigenvalue weighted by molar-refractivity contribution is -0.118. The molecule has 0 bridgehead atoms. The van der Waals surface area contributed by atoms with E-state index >= 15 is 0 Å². The molecule has 31 heavy (non-hydrogen) atoms. The number of nitrogens with one attached hydrogen (secondary N) is 1. The van der Waals surface area contributed by atoms with Gasteiger partial charge in [0.25, 0.3) is 5.91 Å². The van der Waals surface area contributed by atoms with Gasteiger partial charge in [-0.2, -0.15) is 5.10 Å². The van der Waals surface area contributed by atoms with E-state index in [2.05, 4.69) is 46.6 Å². The highest BCUT2D eigenvalue weighted by Gasteiger charge is 2.17. The molecule has 0 spiro atoms. The third-order valence-corrected chi connectivity index (χ3v) is 5.56. The summed E-state index contributed by atoms with van der Waals surface area (Å²) in [4.78, 5) is 20.2. The maximum Gasteiger partial charge on any atom is 0.250 e. The molecule has 4 aromatic rings. The number of carbonyl (C=O) groups is 1. The zero-order valence-electron chi connectivity index (χ0n) is 16.1. The lowest BCUT2D eigenvalue weighted by Crippen LogP contribution is -2.20. The normalized spacial score (nSPS) is 11.0. The van der Waals surface area contributed by atoms with Crippen LogP contribution >= 0.6 is 27.7 Å². The third-order valence-electron chi connectivity index (χ3n) is 4.10. The number of hydrogen-bond acceptors (Lipinski definition) is 7. The first-order valence-electron chi connectivity index (χ1n) is 9.17. The highest BCUT2D eigenvalue weighted by Crippen LogP contribution is 2.28. The van der Waals surface area contributed by atoms with Crippen molar-refractivity contribution in [1.82, 2.24) is 30.2 Å². The van der Waals surface area contributed by atoms with Gasteiger partial charge >= 0.3 is 0 Å². The molecule has 0 radical (unpaired) electrons. The number of hydrogen-bond donors (Lipinski definition) is 1. The van der Waals surface area contributed by atoms with Gasteiger partial charge in [-0.15, -0.1) is 10.2 Å². The van der Waals surface area contributed by atoms with E-state index < -0.39 is 0 Å². The Balaban J connectivity index is 1.51. The van der Waals surface area contributed by atoms with Crippen LogP contribution in [0.3, 0.4) is 0 Å². The van der Waals surface area contributed by atoms with E-state index in [9.17, 15) is 4.79 Å². The summed E-state index contributed by atoms with van der Waals surface area (Å²) >= 11 is 4.74. The van der Waals surface area contributed by atoms with E-state index in [4.69, 9.17) is 0 Å². The molecule has 3 aromatic heterocycles. The van der Waals surface area contributed by atoms with Crippen molar-refractivity contribution in [2.75, 3.05) is 5.75 Å². The molecule has 0 aliphatic carbocycles. The molecule has 1 N–H and O–H groups in total. The Morgan fingerprint density at radius 1 is 1.00 bits per heavy atom. The Bertz CT molecular complexity index is 1180. The molecular weight excluding hydrogens is 478 g/mol. The predicted molar refractivity (Wildman–Crippen MR) is 123 cm³/mol. The van der Waals surface area contributed by atoms with E-state index in [-0.39, 0.29) is 11.7 Å². The molecule has 0 saturated heterocycles. The van der Waals surface area contributed by atoms with Crippen LogP contribution in [0.15, 0.2) is 88.0 Å². The Labute approximate surface area is 191 Å². The van der Waals surface area contributed by atoms with Crippen molar-refractivity contribution in [1.29, 1.82) is 0 Å². The molecule has 0 atom stereocenters. The standard InChI is InChI=1S/C21H16BrN7OS/c22-17-1-3-18(4-2-17)29-20(16-7-11-24-12-8-16)27-28-21(29)31-14-19(30)26-25-13-15-5-9-23-10-6-15/h1-13H,14H2,(H,26,30). The first-order valence-corrected chi connectivity index (χ1v) is 10.9. The monoisotopic (exact) mass is 493 g/mol. The first-order chi connectivity index (χ1) is 15.2. The van der Waals surface area contributed by atoms with Gasteiger partial charge in [-0.25, -0.2) is 5.43 Å². The van der Waals surface area contributed by atoms with E-state index in [1.54, 1.807) is 43.1 Å². The first kappa shape index (κ1) is 20.9. The summed E-state index contributed by atoms with van der Waals surface area (Å²) in [5, 5.41) is 13.2. The molecule has 0 fully saturated rings. The maximum absolute atomic E-state index is 12.2. The Morgan fingerprint density at radius 2 is 1.68 bits per heavy atom. The summed E-state index contributed by atoms with van der Waals surface area (Å²) in [6, 6.07) is 15.1. The minimum Gasteiger partial charge on any atom is -0.272 e. The van der Waals surface area contributed by atoms with Crippen LogP contribution in [0.1, 0.15) is 5.56 Å². The van der Waals surface area contributed by atoms with Crippen LogP contribution in [0, 0.1) is 0 Å². The number of amides is 1. The SMILES string of the molecule is O=C(CSc1nnc(-c2ccncc2)n1-c1ccc(Br)cc1)NN=Cc1ccncc1. The highest BCUT2D eigenvalue weighted by molar-refractivity contribution is 9.10. The molecule has 3 heterocycles. The molecule has 8 nitrogen and oxygen atoms in total. The molecular formula is C21H16BrN7OS. The summed E-state index contributed by atoms with van der Waals surface area (Å²) in [5.74, 6) is 0.563. The highest BCUT2D eigenvalue weighted by atomic mass is 79.9. The Hall–Kier alpha value is -3.37. The van der Waals surface area contributed by atoms with Gasteiger partial charge in [-0.1, -0.05) is 27.7 Å². The summed E-state index contributed by atoms with van der Waals surface area (Å²) in [7, 11) is 0. The topological polar surface area (TPSA) is 98.0 Å². The van der Waals surface area contributed by atoms with Crippen molar-refractivity contribution >= 4 is 39.8 Å². The van der Waals surface area contributed by atoms with Crippen LogP contribution in [0.25, 0.3) is 17.1 Å². The lowest BCUT2D eigenvalue weighted by atomic mass is 10.2.